The van der Waals surface area contributed by atoms with Crippen LogP contribution in [-0.2, 0) is 32.5 Å². The van der Waals surface area contributed by atoms with Crippen molar-refractivity contribution >= 4 is 22.0 Å². The summed E-state index contributed by atoms with van der Waals surface area (Å²) < 4.78 is 33.0. The third kappa shape index (κ3) is 8.17. The Morgan fingerprint density at radius 1 is 1.09 bits per heavy atom. The third-order valence-electron chi connectivity index (χ3n) is 4.44. The first kappa shape index (κ1) is 25.1. The first-order chi connectivity index (χ1) is 15.2. The molecule has 0 saturated heterocycles. The minimum absolute atomic E-state index is 0.0205. The van der Waals surface area contributed by atoms with Crippen molar-refractivity contribution < 1.29 is 27.9 Å². The lowest BCUT2D eigenvalue weighted by atomic mass is 10.1. The van der Waals surface area contributed by atoms with Crippen LogP contribution in [0.2, 0.25) is 0 Å². The van der Waals surface area contributed by atoms with Gasteiger partial charge in [-0.2, -0.15) is 4.72 Å². The summed E-state index contributed by atoms with van der Waals surface area (Å²) in [4.78, 5) is 16.6. The van der Waals surface area contributed by atoms with Crippen molar-refractivity contribution in [3.05, 3.63) is 59.7 Å². The predicted octanol–water partition coefficient (Wildman–Crippen LogP) is 1.41. The molecule has 0 aliphatic carbocycles. The van der Waals surface area contributed by atoms with Crippen molar-refractivity contribution in [2.45, 2.75) is 37.1 Å². The average molecular weight is 465 g/mol. The summed E-state index contributed by atoms with van der Waals surface area (Å²) in [5.74, 6) is -0.965. The number of carbonyl (C=O) groups is 1. The van der Waals surface area contributed by atoms with Gasteiger partial charge in [-0.25, -0.2) is 13.9 Å². The fourth-order valence-corrected chi connectivity index (χ4v) is 3.94. The second kappa shape index (κ2) is 12.0. The molecule has 0 bridgehead atoms. The lowest BCUT2D eigenvalue weighted by Gasteiger charge is -2.15. The Labute approximate surface area is 187 Å². The van der Waals surface area contributed by atoms with E-state index >= 15 is 0 Å². The van der Waals surface area contributed by atoms with E-state index in [0.717, 1.165) is 12.0 Å². The van der Waals surface area contributed by atoms with Crippen molar-refractivity contribution in [1.29, 1.82) is 5.41 Å². The number of ether oxygens (including phenoxy) is 1. The second-order valence-electron chi connectivity index (χ2n) is 6.92. The average Bonchev–Trinajstić information content (AvgIpc) is 2.76. The number of aliphatic carboxylic acids is 1. The van der Waals surface area contributed by atoms with Crippen molar-refractivity contribution in [1.82, 2.24) is 10.2 Å². The highest BCUT2D eigenvalue weighted by Gasteiger charge is 2.25. The molecule has 11 heteroatoms. The van der Waals surface area contributed by atoms with Crippen molar-refractivity contribution in [2.24, 2.45) is 5.73 Å². The Morgan fingerprint density at radius 2 is 1.72 bits per heavy atom. The summed E-state index contributed by atoms with van der Waals surface area (Å²) in [6, 6.07) is 11.8. The molecule has 0 aliphatic rings. The van der Waals surface area contributed by atoms with E-state index in [1.165, 1.54) is 12.1 Å². The molecule has 0 unspecified atom stereocenters. The number of benzene rings is 2. The molecule has 6 N–H and O–H groups in total. The largest absolute Gasteiger partial charge is 0.494 e. The summed E-state index contributed by atoms with van der Waals surface area (Å²) >= 11 is 0. The van der Waals surface area contributed by atoms with E-state index < -0.39 is 22.0 Å². The predicted molar refractivity (Wildman–Crippen MR) is 119 cm³/mol. The zero-order chi connectivity index (χ0) is 23.6. The van der Waals surface area contributed by atoms with Gasteiger partial charge in [0.2, 0.25) is 16.0 Å². The van der Waals surface area contributed by atoms with Gasteiger partial charge in [-0.05, 0) is 48.2 Å². The van der Waals surface area contributed by atoms with Gasteiger partial charge in [0.25, 0.3) is 0 Å². The van der Waals surface area contributed by atoms with Crippen molar-refractivity contribution in [3.8, 4) is 5.75 Å². The summed E-state index contributed by atoms with van der Waals surface area (Å²) in [5, 5.41) is 16.5. The number of sulfonamides is 1. The number of hydrogen-bond donors (Lipinski definition) is 5. The molecule has 2 aromatic rings. The van der Waals surface area contributed by atoms with Gasteiger partial charge in [0.05, 0.1) is 18.1 Å². The highest BCUT2D eigenvalue weighted by molar-refractivity contribution is 7.89. The van der Waals surface area contributed by atoms with Gasteiger partial charge >= 0.3 is 5.97 Å². The summed E-state index contributed by atoms with van der Waals surface area (Å²) in [6.07, 6.45) is 1.31. The first-order valence-corrected chi connectivity index (χ1v) is 11.5. The monoisotopic (exact) mass is 464 g/mol. The van der Waals surface area contributed by atoms with Gasteiger partial charge in [0, 0.05) is 6.42 Å². The van der Waals surface area contributed by atoms with Crippen LogP contribution in [0.3, 0.4) is 0 Å². The first-order valence-electron chi connectivity index (χ1n) is 9.99. The molecule has 0 radical (unpaired) electrons. The maximum atomic E-state index is 12.6. The van der Waals surface area contributed by atoms with Crippen molar-refractivity contribution in [2.75, 3.05) is 13.2 Å². The maximum Gasteiger partial charge on any atom is 0.322 e. The van der Waals surface area contributed by atoms with E-state index in [-0.39, 0.29) is 17.3 Å². The summed E-state index contributed by atoms with van der Waals surface area (Å²) in [5.41, 5.74) is 8.93. The standard InChI is InChI=1S/C21H28N4O6S/c1-2-15-6-10-18(11-7-15)32(28,29)25-19(20(26)27)14-16-4-8-17(9-5-16)30-12-3-13-31-24-21(22)23/h4-11,19,25H,2-3,12-14H2,1H3,(H,26,27)(H4,22,23,24)/t19-/m0/s1. The number of rotatable bonds is 13. The van der Waals surface area contributed by atoms with Crippen LogP contribution in [0, 0.1) is 5.41 Å². The van der Waals surface area contributed by atoms with Crippen LogP contribution in [0.15, 0.2) is 53.4 Å². The van der Waals surface area contributed by atoms with E-state index in [1.807, 2.05) is 6.92 Å². The third-order valence-corrected chi connectivity index (χ3v) is 5.93. The van der Waals surface area contributed by atoms with Gasteiger partial charge < -0.3 is 15.6 Å². The maximum absolute atomic E-state index is 12.6. The highest BCUT2D eigenvalue weighted by atomic mass is 32.2. The zero-order valence-corrected chi connectivity index (χ0v) is 18.5. The smallest absolute Gasteiger partial charge is 0.322 e. The molecule has 0 fully saturated rings. The lowest BCUT2D eigenvalue weighted by molar-refractivity contribution is -0.138. The number of carboxylic acids is 1. The molecule has 32 heavy (non-hydrogen) atoms. The molecule has 0 aromatic heterocycles. The molecular formula is C21H28N4O6S. The molecule has 0 heterocycles. The van der Waals surface area contributed by atoms with Gasteiger partial charge in [-0.1, -0.05) is 31.2 Å². The fraction of sp³-hybridized carbons (Fsp3) is 0.333. The Kier molecular flexibility index (Phi) is 9.44. The molecular weight excluding hydrogens is 436 g/mol. The number of nitrogens with two attached hydrogens (primary N) is 1. The molecule has 2 rings (SSSR count). The van der Waals surface area contributed by atoms with Crippen LogP contribution >= 0.6 is 0 Å². The van der Waals surface area contributed by atoms with Crippen LogP contribution in [0.1, 0.15) is 24.5 Å². The van der Waals surface area contributed by atoms with Gasteiger partial charge in [0.1, 0.15) is 11.8 Å². The quantitative estimate of drug-likeness (QED) is 0.128. The molecule has 2 aromatic carbocycles. The van der Waals surface area contributed by atoms with Gasteiger partial charge in [0.15, 0.2) is 0 Å². The number of carboxylic acid groups (broad SMARTS) is 1. The minimum atomic E-state index is -3.98. The van der Waals surface area contributed by atoms with Crippen LogP contribution in [-0.4, -0.2) is 44.7 Å². The van der Waals surface area contributed by atoms with Crippen LogP contribution < -0.4 is 20.7 Å². The Bertz CT molecular complexity index is 994. The second-order valence-corrected chi connectivity index (χ2v) is 8.64. The number of aryl methyl sites for hydroxylation is 1. The molecule has 1 atom stereocenters. The Balaban J connectivity index is 1.91. The molecule has 0 spiro atoms. The van der Waals surface area contributed by atoms with Gasteiger partial charge in [-0.3, -0.25) is 15.0 Å². The van der Waals surface area contributed by atoms with E-state index in [4.69, 9.17) is 20.7 Å². The fourth-order valence-electron chi connectivity index (χ4n) is 2.75. The van der Waals surface area contributed by atoms with Crippen LogP contribution in [0.25, 0.3) is 0 Å². The van der Waals surface area contributed by atoms with E-state index in [9.17, 15) is 18.3 Å². The van der Waals surface area contributed by atoms with Crippen LogP contribution in [0.5, 0.6) is 5.75 Å². The molecule has 0 saturated carbocycles. The van der Waals surface area contributed by atoms with E-state index in [1.54, 1.807) is 36.4 Å². The van der Waals surface area contributed by atoms with Crippen molar-refractivity contribution in [3.63, 3.8) is 0 Å². The zero-order valence-electron chi connectivity index (χ0n) is 17.7. The summed E-state index contributed by atoms with van der Waals surface area (Å²) in [6.45, 7) is 2.63. The lowest BCUT2D eigenvalue weighted by Crippen LogP contribution is -2.42. The Morgan fingerprint density at radius 3 is 2.28 bits per heavy atom. The van der Waals surface area contributed by atoms with Gasteiger partial charge in [-0.15, -0.1) is 0 Å². The molecule has 10 nitrogen and oxygen atoms in total. The number of hydroxylamine groups is 1. The minimum Gasteiger partial charge on any atom is -0.494 e. The molecule has 0 amide bonds. The number of nitrogens with one attached hydrogen (secondary N) is 3. The van der Waals surface area contributed by atoms with E-state index in [2.05, 4.69) is 10.2 Å². The number of hydrogen-bond acceptors (Lipinski definition) is 6. The van der Waals surface area contributed by atoms with Crippen LogP contribution in [0.4, 0.5) is 0 Å². The Hall–Kier alpha value is -3.15. The number of guanidine groups is 1. The topological polar surface area (TPSA) is 164 Å². The SMILES string of the molecule is CCc1ccc(S(=O)(=O)N[C@@H](Cc2ccc(OCCCONC(=N)N)cc2)C(=O)O)cc1. The highest BCUT2D eigenvalue weighted by Crippen LogP contribution is 2.16. The molecule has 0 aliphatic heterocycles. The normalized spacial score (nSPS) is 12.2. The summed E-state index contributed by atoms with van der Waals surface area (Å²) in [7, 11) is -3.98. The van der Waals surface area contributed by atoms with E-state index in [0.29, 0.717) is 30.9 Å². The molecule has 174 valence electrons.